The van der Waals surface area contributed by atoms with Crippen molar-refractivity contribution >= 4 is 33.4 Å². The Labute approximate surface area is 163 Å². The van der Waals surface area contributed by atoms with Crippen LogP contribution in [0.25, 0.3) is 0 Å². The lowest BCUT2D eigenvalue weighted by Crippen LogP contribution is -2.49. The van der Waals surface area contributed by atoms with Crippen LogP contribution in [-0.2, 0) is 19.4 Å². The highest BCUT2D eigenvalue weighted by atomic mass is 32.2. The highest BCUT2D eigenvalue weighted by Gasteiger charge is 2.56. The summed E-state index contributed by atoms with van der Waals surface area (Å²) in [4.78, 5) is 40.7. The first-order valence-electron chi connectivity index (χ1n) is 9.43. The Morgan fingerprint density at radius 2 is 1.89 bits per heavy atom. The number of hydrogen-bond acceptors (Lipinski definition) is 5. The van der Waals surface area contributed by atoms with Crippen LogP contribution in [0, 0.1) is 5.92 Å². The summed E-state index contributed by atoms with van der Waals surface area (Å²) >= 11 is 0. The van der Waals surface area contributed by atoms with E-state index in [-0.39, 0.29) is 23.3 Å². The molecule has 2 aliphatic heterocycles. The van der Waals surface area contributed by atoms with Gasteiger partial charge in [0.2, 0.25) is 5.91 Å². The van der Waals surface area contributed by atoms with Crippen LogP contribution in [0.15, 0.2) is 30.3 Å². The molecule has 3 aliphatic rings. The summed E-state index contributed by atoms with van der Waals surface area (Å²) in [6, 6.07) is 7.70. The maximum atomic E-state index is 13.1. The predicted octanol–water partition coefficient (Wildman–Crippen LogP) is 0.927. The molecule has 0 spiro atoms. The highest BCUT2D eigenvalue weighted by molar-refractivity contribution is 7.91. The molecule has 28 heavy (non-hydrogen) atoms. The van der Waals surface area contributed by atoms with E-state index in [2.05, 4.69) is 5.32 Å². The number of urea groups is 1. The van der Waals surface area contributed by atoms with Gasteiger partial charge in [-0.2, -0.15) is 0 Å². The van der Waals surface area contributed by atoms with Crippen LogP contribution in [0.3, 0.4) is 0 Å². The highest BCUT2D eigenvalue weighted by Crippen LogP contribution is 2.42. The molecule has 2 heterocycles. The minimum atomic E-state index is -3.21. The van der Waals surface area contributed by atoms with Gasteiger partial charge in [-0.1, -0.05) is 18.2 Å². The number of anilines is 1. The van der Waals surface area contributed by atoms with Crippen LogP contribution < -0.4 is 10.2 Å². The summed E-state index contributed by atoms with van der Waals surface area (Å²) in [7, 11) is -3.21. The fourth-order valence-electron chi connectivity index (χ4n) is 4.13. The summed E-state index contributed by atoms with van der Waals surface area (Å²) in [5.74, 6) is -0.837. The van der Waals surface area contributed by atoms with Gasteiger partial charge >= 0.3 is 6.03 Å². The molecule has 150 valence electrons. The van der Waals surface area contributed by atoms with Crippen LogP contribution in [0.4, 0.5) is 10.5 Å². The smallest absolute Gasteiger partial charge is 0.323 e. The van der Waals surface area contributed by atoms with Gasteiger partial charge in [-0.15, -0.1) is 0 Å². The molecular weight excluding hydrogens is 382 g/mol. The number of carbonyl (C=O) groups is 3. The molecule has 0 bridgehead atoms. The number of amides is 4. The minimum Gasteiger partial charge on any atom is -0.323 e. The van der Waals surface area contributed by atoms with Gasteiger partial charge in [0.05, 0.1) is 17.5 Å². The van der Waals surface area contributed by atoms with E-state index in [1.807, 2.05) is 0 Å². The van der Waals surface area contributed by atoms with Crippen molar-refractivity contribution in [3.63, 3.8) is 0 Å². The van der Waals surface area contributed by atoms with Gasteiger partial charge in [0.25, 0.3) is 5.91 Å². The van der Waals surface area contributed by atoms with E-state index < -0.39 is 39.9 Å². The fourth-order valence-corrected chi connectivity index (χ4v) is 5.83. The second-order valence-electron chi connectivity index (χ2n) is 7.95. The monoisotopic (exact) mass is 405 g/mol. The number of para-hydroxylation sites is 1. The average Bonchev–Trinajstić information content (AvgIpc) is 3.41. The molecule has 2 atom stereocenters. The van der Waals surface area contributed by atoms with E-state index in [1.54, 1.807) is 37.3 Å². The summed E-state index contributed by atoms with van der Waals surface area (Å²) in [5, 5.41) is 2.73. The second kappa shape index (κ2) is 6.58. The molecule has 4 rings (SSSR count). The standard InChI is InChI=1S/C19H23N3O5S/c1-19(13-7-8-13)17(24)21(18(25)20-19)11-16(23)22(14-5-3-2-4-6-14)15-9-10-28(26,27)12-15/h2-6,13,15H,7-12H2,1H3,(H,20,25)/t15-,19+/m1/s1. The van der Waals surface area contributed by atoms with E-state index in [9.17, 15) is 22.8 Å². The van der Waals surface area contributed by atoms with Gasteiger partial charge < -0.3 is 10.2 Å². The van der Waals surface area contributed by atoms with Crippen LogP contribution in [0.5, 0.6) is 0 Å². The topological polar surface area (TPSA) is 104 Å². The van der Waals surface area contributed by atoms with E-state index in [0.717, 1.165) is 17.7 Å². The van der Waals surface area contributed by atoms with Crippen LogP contribution in [0.2, 0.25) is 0 Å². The van der Waals surface area contributed by atoms with Gasteiger partial charge in [0, 0.05) is 5.69 Å². The number of sulfone groups is 1. The maximum absolute atomic E-state index is 13.1. The Kier molecular flexibility index (Phi) is 4.45. The molecule has 8 nitrogen and oxygen atoms in total. The molecule has 1 aromatic rings. The van der Waals surface area contributed by atoms with E-state index in [4.69, 9.17) is 0 Å². The van der Waals surface area contributed by atoms with Gasteiger partial charge in [-0.05, 0) is 44.2 Å². The zero-order chi connectivity index (χ0) is 20.1. The van der Waals surface area contributed by atoms with Crippen molar-refractivity contribution < 1.29 is 22.8 Å². The third-order valence-electron chi connectivity index (χ3n) is 5.87. The molecule has 0 radical (unpaired) electrons. The molecule has 1 aromatic carbocycles. The number of nitrogens with one attached hydrogen (secondary N) is 1. The second-order valence-corrected chi connectivity index (χ2v) is 10.2. The fraction of sp³-hybridized carbons (Fsp3) is 0.526. The Bertz CT molecular complexity index is 928. The van der Waals surface area contributed by atoms with Crippen molar-refractivity contribution in [1.82, 2.24) is 10.2 Å². The van der Waals surface area contributed by atoms with Crippen LogP contribution in [0.1, 0.15) is 26.2 Å². The quantitative estimate of drug-likeness (QED) is 0.734. The lowest BCUT2D eigenvalue weighted by Gasteiger charge is -2.30. The van der Waals surface area contributed by atoms with Crippen molar-refractivity contribution in [2.24, 2.45) is 5.92 Å². The summed E-state index contributed by atoms with van der Waals surface area (Å²) in [6.45, 7) is 1.30. The first-order valence-corrected chi connectivity index (χ1v) is 11.2. The van der Waals surface area contributed by atoms with Crippen molar-refractivity contribution in [2.45, 2.75) is 37.8 Å². The van der Waals surface area contributed by atoms with E-state index >= 15 is 0 Å². The zero-order valence-electron chi connectivity index (χ0n) is 15.6. The number of benzene rings is 1. The predicted molar refractivity (Wildman–Crippen MR) is 102 cm³/mol. The van der Waals surface area contributed by atoms with Gasteiger partial charge in [-0.25, -0.2) is 13.2 Å². The Balaban J connectivity index is 1.58. The van der Waals surface area contributed by atoms with Gasteiger partial charge in [0.15, 0.2) is 9.84 Å². The molecule has 9 heteroatoms. The molecular formula is C19H23N3O5S. The SMILES string of the molecule is C[C@@]1(C2CC2)NC(=O)N(CC(=O)N(c2ccccc2)[C@@H]2CCS(=O)(=O)C2)C1=O. The van der Waals surface area contributed by atoms with Crippen LogP contribution >= 0.6 is 0 Å². The third kappa shape index (κ3) is 3.28. The van der Waals surface area contributed by atoms with E-state index in [1.165, 1.54) is 4.90 Å². The summed E-state index contributed by atoms with van der Waals surface area (Å²) in [6.07, 6.45) is 2.09. The lowest BCUT2D eigenvalue weighted by atomic mass is 9.96. The van der Waals surface area contributed by atoms with Crippen molar-refractivity contribution in [3.8, 4) is 0 Å². The van der Waals surface area contributed by atoms with Gasteiger partial charge in [0.1, 0.15) is 12.1 Å². The lowest BCUT2D eigenvalue weighted by molar-refractivity contribution is -0.134. The van der Waals surface area contributed by atoms with Crippen LogP contribution in [-0.4, -0.2) is 60.8 Å². The molecule has 0 unspecified atom stereocenters. The third-order valence-corrected chi connectivity index (χ3v) is 7.62. The largest absolute Gasteiger partial charge is 0.325 e. The summed E-state index contributed by atoms with van der Waals surface area (Å²) < 4.78 is 23.9. The first-order chi connectivity index (χ1) is 13.2. The Hall–Kier alpha value is -2.42. The average molecular weight is 405 g/mol. The molecule has 2 saturated heterocycles. The van der Waals surface area contributed by atoms with Crippen molar-refractivity contribution in [3.05, 3.63) is 30.3 Å². The molecule has 1 N–H and O–H groups in total. The molecule has 3 fully saturated rings. The molecule has 1 aliphatic carbocycles. The number of nitrogens with zero attached hydrogens (tertiary/aromatic N) is 2. The normalized spacial score (nSPS) is 29.0. The number of carbonyl (C=O) groups excluding carboxylic acids is 3. The Morgan fingerprint density at radius 1 is 1.21 bits per heavy atom. The summed E-state index contributed by atoms with van der Waals surface area (Å²) in [5.41, 5.74) is -0.391. The van der Waals surface area contributed by atoms with Gasteiger partial charge in [-0.3, -0.25) is 14.5 Å². The number of rotatable bonds is 5. The van der Waals surface area contributed by atoms with Crippen molar-refractivity contribution in [2.75, 3.05) is 23.0 Å². The minimum absolute atomic E-state index is 0.0250. The van der Waals surface area contributed by atoms with Crippen molar-refractivity contribution in [1.29, 1.82) is 0 Å². The molecule has 1 saturated carbocycles. The number of hydrogen-bond donors (Lipinski definition) is 1. The maximum Gasteiger partial charge on any atom is 0.325 e. The molecule has 0 aromatic heterocycles. The first kappa shape index (κ1) is 18.9. The molecule has 4 amide bonds. The Morgan fingerprint density at radius 3 is 2.46 bits per heavy atom. The van der Waals surface area contributed by atoms with E-state index in [0.29, 0.717) is 12.1 Å². The number of imide groups is 1. The zero-order valence-corrected chi connectivity index (χ0v) is 16.4.